The van der Waals surface area contributed by atoms with E-state index < -0.39 is 0 Å². The van der Waals surface area contributed by atoms with Crippen molar-refractivity contribution in [2.75, 3.05) is 6.61 Å². The number of rotatable bonds is 9. The van der Waals surface area contributed by atoms with Crippen molar-refractivity contribution in [3.8, 4) is 11.1 Å². The lowest BCUT2D eigenvalue weighted by molar-refractivity contribution is -0.139. The van der Waals surface area contributed by atoms with E-state index in [1.54, 1.807) is 6.92 Å². The number of hydrogen-bond donors (Lipinski definition) is 1. The van der Waals surface area contributed by atoms with Gasteiger partial charge in [0.15, 0.2) is 0 Å². The van der Waals surface area contributed by atoms with Gasteiger partial charge in [0.2, 0.25) is 0 Å². The van der Waals surface area contributed by atoms with Gasteiger partial charge in [0.05, 0.1) is 13.2 Å². The van der Waals surface area contributed by atoms with Gasteiger partial charge in [-0.25, -0.2) is 4.79 Å². The molecule has 0 radical (unpaired) electrons. The first-order chi connectivity index (χ1) is 12.5. The van der Waals surface area contributed by atoms with Crippen molar-refractivity contribution in [2.45, 2.75) is 46.1 Å². The number of esters is 1. The SMILES string of the molecule is C=C(C)C(=O)OCCCc1cc(CO)ccc1-c1ccc(CCC)cc1. The lowest BCUT2D eigenvalue weighted by atomic mass is 9.94. The zero-order valence-corrected chi connectivity index (χ0v) is 15.8. The lowest BCUT2D eigenvalue weighted by Gasteiger charge is -2.13. The van der Waals surface area contributed by atoms with Crippen molar-refractivity contribution in [2.24, 2.45) is 0 Å². The van der Waals surface area contributed by atoms with E-state index in [2.05, 4.69) is 43.8 Å². The van der Waals surface area contributed by atoms with Gasteiger partial charge in [0, 0.05) is 5.57 Å². The van der Waals surface area contributed by atoms with Gasteiger partial charge in [-0.15, -0.1) is 0 Å². The van der Waals surface area contributed by atoms with Gasteiger partial charge in [-0.05, 0) is 54.0 Å². The van der Waals surface area contributed by atoms with Crippen molar-refractivity contribution in [3.63, 3.8) is 0 Å². The van der Waals surface area contributed by atoms with E-state index in [9.17, 15) is 9.90 Å². The van der Waals surface area contributed by atoms with Crippen LogP contribution in [0.3, 0.4) is 0 Å². The summed E-state index contributed by atoms with van der Waals surface area (Å²) in [4.78, 5) is 11.5. The highest BCUT2D eigenvalue weighted by molar-refractivity contribution is 5.86. The molecule has 2 aromatic rings. The van der Waals surface area contributed by atoms with Crippen molar-refractivity contribution < 1.29 is 14.6 Å². The number of carbonyl (C=O) groups is 1. The molecule has 0 saturated heterocycles. The fourth-order valence-corrected chi connectivity index (χ4v) is 2.92. The minimum absolute atomic E-state index is 0.0212. The Labute approximate surface area is 156 Å². The second kappa shape index (κ2) is 9.93. The fraction of sp³-hybridized carbons (Fsp3) is 0.348. The first-order valence-corrected chi connectivity index (χ1v) is 9.19. The highest BCUT2D eigenvalue weighted by Crippen LogP contribution is 2.27. The molecule has 0 aliphatic carbocycles. The van der Waals surface area contributed by atoms with Crippen LogP contribution in [-0.4, -0.2) is 17.7 Å². The Bertz CT molecular complexity index is 745. The predicted molar refractivity (Wildman–Crippen MR) is 106 cm³/mol. The molecule has 0 atom stereocenters. The normalized spacial score (nSPS) is 10.6. The van der Waals surface area contributed by atoms with Crippen LogP contribution in [0, 0.1) is 0 Å². The summed E-state index contributed by atoms with van der Waals surface area (Å²) in [6, 6.07) is 14.7. The summed E-state index contributed by atoms with van der Waals surface area (Å²) in [7, 11) is 0. The summed E-state index contributed by atoms with van der Waals surface area (Å²) >= 11 is 0. The smallest absolute Gasteiger partial charge is 0.333 e. The van der Waals surface area contributed by atoms with Crippen molar-refractivity contribution in [1.29, 1.82) is 0 Å². The summed E-state index contributed by atoms with van der Waals surface area (Å²) in [5, 5.41) is 9.45. The molecule has 0 aromatic heterocycles. The number of carbonyl (C=O) groups excluding carboxylic acids is 1. The molecule has 0 unspecified atom stereocenters. The maximum atomic E-state index is 11.5. The summed E-state index contributed by atoms with van der Waals surface area (Å²) < 4.78 is 5.18. The van der Waals surface area contributed by atoms with Crippen molar-refractivity contribution in [3.05, 3.63) is 71.3 Å². The molecule has 0 saturated carbocycles. The zero-order valence-electron chi connectivity index (χ0n) is 15.8. The van der Waals surface area contributed by atoms with Crippen LogP contribution >= 0.6 is 0 Å². The van der Waals surface area contributed by atoms with Gasteiger partial charge < -0.3 is 9.84 Å². The van der Waals surface area contributed by atoms with Crippen LogP contribution in [0.5, 0.6) is 0 Å². The molecule has 2 aromatic carbocycles. The number of aryl methyl sites for hydroxylation is 2. The first-order valence-electron chi connectivity index (χ1n) is 9.19. The Hall–Kier alpha value is -2.39. The molecule has 3 heteroatoms. The Balaban J connectivity index is 2.13. The van der Waals surface area contributed by atoms with Gasteiger partial charge in [0.1, 0.15) is 0 Å². The van der Waals surface area contributed by atoms with Gasteiger partial charge in [0.25, 0.3) is 0 Å². The van der Waals surface area contributed by atoms with E-state index in [1.165, 1.54) is 11.1 Å². The van der Waals surface area contributed by atoms with Crippen molar-refractivity contribution in [1.82, 2.24) is 0 Å². The molecule has 0 spiro atoms. The number of aliphatic hydroxyl groups is 1. The number of benzene rings is 2. The fourth-order valence-electron chi connectivity index (χ4n) is 2.92. The average molecular weight is 352 g/mol. The third-order valence-electron chi connectivity index (χ3n) is 4.33. The molecular weight excluding hydrogens is 324 g/mol. The van der Waals surface area contributed by atoms with Crippen LogP contribution in [0.2, 0.25) is 0 Å². The quantitative estimate of drug-likeness (QED) is 0.399. The summed E-state index contributed by atoms with van der Waals surface area (Å²) in [6.45, 7) is 7.80. The Kier molecular flexibility index (Phi) is 7.61. The van der Waals surface area contributed by atoms with E-state index in [1.807, 2.05) is 12.1 Å². The molecule has 2 rings (SSSR count). The molecule has 26 heavy (non-hydrogen) atoms. The van der Waals surface area contributed by atoms with Crippen LogP contribution in [0.15, 0.2) is 54.6 Å². The van der Waals surface area contributed by atoms with Crippen LogP contribution < -0.4 is 0 Å². The highest BCUT2D eigenvalue weighted by atomic mass is 16.5. The number of ether oxygens (including phenoxy) is 1. The minimum Gasteiger partial charge on any atom is -0.462 e. The molecule has 3 nitrogen and oxygen atoms in total. The van der Waals surface area contributed by atoms with Crippen LogP contribution in [0.25, 0.3) is 11.1 Å². The van der Waals surface area contributed by atoms with Crippen LogP contribution in [0.4, 0.5) is 0 Å². The first kappa shape index (κ1) is 19.9. The molecule has 0 amide bonds. The molecule has 0 fully saturated rings. The maximum Gasteiger partial charge on any atom is 0.333 e. The second-order valence-electron chi connectivity index (χ2n) is 6.62. The third kappa shape index (κ3) is 5.57. The Morgan fingerprint density at radius 3 is 2.38 bits per heavy atom. The summed E-state index contributed by atoms with van der Waals surface area (Å²) in [6.07, 6.45) is 3.74. The van der Waals surface area contributed by atoms with Gasteiger partial charge in [-0.1, -0.05) is 62.4 Å². The molecule has 138 valence electrons. The maximum absolute atomic E-state index is 11.5. The molecule has 1 N–H and O–H groups in total. The van der Waals surface area contributed by atoms with Crippen LogP contribution in [0.1, 0.15) is 43.4 Å². The predicted octanol–water partition coefficient (Wildman–Crippen LogP) is 4.85. The van der Waals surface area contributed by atoms with Gasteiger partial charge >= 0.3 is 5.97 Å². The van der Waals surface area contributed by atoms with Gasteiger partial charge in [-0.2, -0.15) is 0 Å². The lowest BCUT2D eigenvalue weighted by Crippen LogP contribution is -2.07. The Morgan fingerprint density at radius 2 is 1.77 bits per heavy atom. The van der Waals surface area contributed by atoms with E-state index >= 15 is 0 Å². The van der Waals surface area contributed by atoms with Gasteiger partial charge in [-0.3, -0.25) is 0 Å². The van der Waals surface area contributed by atoms with E-state index in [0.29, 0.717) is 12.2 Å². The molecule has 0 aliphatic rings. The zero-order chi connectivity index (χ0) is 18.9. The average Bonchev–Trinajstić information content (AvgIpc) is 2.65. The molecule has 0 bridgehead atoms. The largest absolute Gasteiger partial charge is 0.462 e. The Morgan fingerprint density at radius 1 is 1.08 bits per heavy atom. The number of aliphatic hydroxyl groups excluding tert-OH is 1. The molecular formula is C23H28O3. The number of hydrogen-bond acceptors (Lipinski definition) is 3. The summed E-state index contributed by atoms with van der Waals surface area (Å²) in [5.41, 5.74) is 6.15. The highest BCUT2D eigenvalue weighted by Gasteiger charge is 2.08. The van der Waals surface area contributed by atoms with E-state index in [4.69, 9.17) is 4.74 Å². The van der Waals surface area contributed by atoms with Crippen molar-refractivity contribution >= 4 is 5.97 Å². The molecule has 0 heterocycles. The van der Waals surface area contributed by atoms with E-state index in [0.717, 1.165) is 42.4 Å². The van der Waals surface area contributed by atoms with Crippen LogP contribution in [-0.2, 0) is 29.0 Å². The second-order valence-corrected chi connectivity index (χ2v) is 6.62. The molecule has 0 aliphatic heterocycles. The minimum atomic E-state index is -0.346. The standard InChI is InChI=1S/C23H28O3/c1-4-6-18-8-11-20(12-9-18)22-13-10-19(16-24)15-21(22)7-5-14-26-23(25)17(2)3/h8-13,15,24H,2,4-7,14,16H2,1,3H3. The topological polar surface area (TPSA) is 46.5 Å². The third-order valence-corrected chi connectivity index (χ3v) is 4.33. The van der Waals surface area contributed by atoms with E-state index in [-0.39, 0.29) is 12.6 Å². The monoisotopic (exact) mass is 352 g/mol. The summed E-state index contributed by atoms with van der Waals surface area (Å²) in [5.74, 6) is -0.346.